The van der Waals surface area contributed by atoms with Gasteiger partial charge in [-0.05, 0) is 13.8 Å². The Morgan fingerprint density at radius 1 is 1.78 bits per heavy atom. The molecule has 0 radical (unpaired) electrons. The second-order valence-corrected chi connectivity index (χ2v) is 2.21. The summed E-state index contributed by atoms with van der Waals surface area (Å²) in [6.45, 7) is 3.63. The molecule has 3 nitrogen and oxygen atoms in total. The molecule has 2 atom stereocenters. The quantitative estimate of drug-likeness (QED) is 0.484. The van der Waals surface area contributed by atoms with Crippen molar-refractivity contribution in [2.45, 2.75) is 20.0 Å². The summed E-state index contributed by atoms with van der Waals surface area (Å²) < 4.78 is 0. The lowest BCUT2D eigenvalue weighted by molar-refractivity contribution is -0.111. The molecule has 3 heteroatoms. The van der Waals surface area contributed by atoms with Crippen molar-refractivity contribution in [1.29, 1.82) is 0 Å². The summed E-state index contributed by atoms with van der Waals surface area (Å²) in [5.74, 6) is -0.120. The summed E-state index contributed by atoms with van der Waals surface area (Å²) in [5, 5.41) is 3.65. The van der Waals surface area contributed by atoms with Crippen molar-refractivity contribution in [2.75, 3.05) is 0 Å². The number of nitrogens with zero attached hydrogens (tertiary/aromatic N) is 1. The maximum absolute atomic E-state index is 10.3. The van der Waals surface area contributed by atoms with Gasteiger partial charge in [0.15, 0.2) is 0 Å². The van der Waals surface area contributed by atoms with Crippen molar-refractivity contribution in [2.24, 2.45) is 11.1 Å². The first-order valence-corrected chi connectivity index (χ1v) is 2.91. The molecule has 0 saturated heterocycles. The van der Waals surface area contributed by atoms with Crippen LogP contribution in [0.4, 0.5) is 0 Å². The SMILES string of the molecule is CC1=NOC(C)C1C=O. The van der Waals surface area contributed by atoms with Crippen molar-refractivity contribution in [3.8, 4) is 0 Å². The number of aldehydes is 1. The lowest BCUT2D eigenvalue weighted by Crippen LogP contribution is -2.19. The Hall–Kier alpha value is -0.860. The van der Waals surface area contributed by atoms with E-state index in [1.807, 2.05) is 6.92 Å². The van der Waals surface area contributed by atoms with Crippen molar-refractivity contribution in [3.05, 3.63) is 0 Å². The molecule has 0 fully saturated rings. The minimum Gasteiger partial charge on any atom is -0.392 e. The fourth-order valence-corrected chi connectivity index (χ4v) is 0.841. The second-order valence-electron chi connectivity index (χ2n) is 2.21. The molecule has 0 N–H and O–H groups in total. The fourth-order valence-electron chi connectivity index (χ4n) is 0.841. The van der Waals surface area contributed by atoms with Gasteiger partial charge >= 0.3 is 0 Å². The van der Waals surface area contributed by atoms with Crippen LogP contribution < -0.4 is 0 Å². The molecule has 0 spiro atoms. The maximum atomic E-state index is 10.3. The van der Waals surface area contributed by atoms with Gasteiger partial charge in [-0.1, -0.05) is 5.16 Å². The summed E-state index contributed by atoms with van der Waals surface area (Å²) in [7, 11) is 0. The van der Waals surface area contributed by atoms with Gasteiger partial charge in [0.25, 0.3) is 0 Å². The van der Waals surface area contributed by atoms with E-state index in [0.29, 0.717) is 0 Å². The third kappa shape index (κ3) is 0.943. The zero-order chi connectivity index (χ0) is 6.85. The van der Waals surface area contributed by atoms with Gasteiger partial charge < -0.3 is 9.63 Å². The van der Waals surface area contributed by atoms with Gasteiger partial charge in [-0.3, -0.25) is 0 Å². The highest BCUT2D eigenvalue weighted by atomic mass is 16.6. The average Bonchev–Trinajstić information content (AvgIpc) is 2.12. The molecule has 0 aromatic rings. The lowest BCUT2D eigenvalue weighted by Gasteiger charge is -2.03. The summed E-state index contributed by atoms with van der Waals surface area (Å²) in [4.78, 5) is 15.1. The standard InChI is InChI=1S/C6H9NO2/c1-4-6(3-8)5(2)9-7-4/h3,5-6H,1-2H3. The monoisotopic (exact) mass is 127 g/mol. The summed E-state index contributed by atoms with van der Waals surface area (Å²) in [6.07, 6.45) is 0.804. The number of carbonyl (C=O) groups is 1. The minimum absolute atomic E-state index is 0.0671. The molecule has 0 saturated carbocycles. The van der Waals surface area contributed by atoms with Gasteiger partial charge in [0.1, 0.15) is 12.4 Å². The van der Waals surface area contributed by atoms with Crippen LogP contribution in [0.25, 0.3) is 0 Å². The van der Waals surface area contributed by atoms with E-state index in [1.165, 1.54) is 0 Å². The molecule has 1 aliphatic rings. The van der Waals surface area contributed by atoms with E-state index in [1.54, 1.807) is 6.92 Å². The van der Waals surface area contributed by atoms with Crippen LogP contribution in [-0.2, 0) is 9.63 Å². The molecule has 0 aromatic carbocycles. The van der Waals surface area contributed by atoms with Gasteiger partial charge in [0.05, 0.1) is 11.6 Å². The van der Waals surface area contributed by atoms with E-state index in [2.05, 4.69) is 5.16 Å². The van der Waals surface area contributed by atoms with E-state index in [-0.39, 0.29) is 12.0 Å². The second kappa shape index (κ2) is 2.17. The number of hydrogen-bond acceptors (Lipinski definition) is 3. The third-order valence-electron chi connectivity index (χ3n) is 1.50. The first kappa shape index (κ1) is 6.26. The largest absolute Gasteiger partial charge is 0.392 e. The average molecular weight is 127 g/mol. The Morgan fingerprint density at radius 2 is 2.44 bits per heavy atom. The van der Waals surface area contributed by atoms with Gasteiger partial charge in [-0.15, -0.1) is 0 Å². The van der Waals surface area contributed by atoms with Gasteiger partial charge in [0, 0.05) is 0 Å². The minimum atomic E-state index is -0.120. The van der Waals surface area contributed by atoms with Gasteiger partial charge in [-0.25, -0.2) is 0 Å². The molecular weight excluding hydrogens is 118 g/mol. The third-order valence-corrected chi connectivity index (χ3v) is 1.50. The molecule has 1 aliphatic heterocycles. The summed E-state index contributed by atoms with van der Waals surface area (Å²) in [6, 6.07) is 0. The molecular formula is C6H9NO2. The van der Waals surface area contributed by atoms with Gasteiger partial charge in [0.2, 0.25) is 0 Å². The Labute approximate surface area is 53.7 Å². The number of hydrogen-bond donors (Lipinski definition) is 0. The molecule has 1 rings (SSSR count). The highest BCUT2D eigenvalue weighted by Crippen LogP contribution is 2.14. The van der Waals surface area contributed by atoms with Gasteiger partial charge in [-0.2, -0.15) is 0 Å². The zero-order valence-electron chi connectivity index (χ0n) is 5.50. The Balaban J connectivity index is 2.67. The molecule has 0 aromatic heterocycles. The lowest BCUT2D eigenvalue weighted by atomic mass is 10.0. The van der Waals surface area contributed by atoms with Crippen molar-refractivity contribution < 1.29 is 9.63 Å². The fraction of sp³-hybridized carbons (Fsp3) is 0.667. The van der Waals surface area contributed by atoms with Crippen LogP contribution in [0.15, 0.2) is 5.16 Å². The van der Waals surface area contributed by atoms with Crippen LogP contribution in [0.5, 0.6) is 0 Å². The van der Waals surface area contributed by atoms with Crippen LogP contribution in [0, 0.1) is 5.92 Å². The normalized spacial score (nSPS) is 33.3. The molecule has 9 heavy (non-hydrogen) atoms. The number of oxime groups is 1. The topological polar surface area (TPSA) is 38.7 Å². The first-order valence-electron chi connectivity index (χ1n) is 2.91. The van der Waals surface area contributed by atoms with Crippen molar-refractivity contribution in [3.63, 3.8) is 0 Å². The molecule has 0 bridgehead atoms. The molecule has 0 amide bonds. The highest BCUT2D eigenvalue weighted by Gasteiger charge is 2.26. The van der Waals surface area contributed by atoms with E-state index in [4.69, 9.17) is 4.84 Å². The number of carbonyl (C=O) groups excluding carboxylic acids is 1. The van der Waals surface area contributed by atoms with Crippen LogP contribution in [0.1, 0.15) is 13.8 Å². The molecule has 0 aliphatic carbocycles. The summed E-state index contributed by atoms with van der Waals surface area (Å²) >= 11 is 0. The van der Waals surface area contributed by atoms with E-state index in [9.17, 15) is 4.79 Å². The van der Waals surface area contributed by atoms with Crippen LogP contribution in [0.3, 0.4) is 0 Å². The Bertz CT molecular complexity index is 153. The highest BCUT2D eigenvalue weighted by molar-refractivity contribution is 5.96. The Morgan fingerprint density at radius 3 is 2.67 bits per heavy atom. The van der Waals surface area contributed by atoms with E-state index < -0.39 is 0 Å². The van der Waals surface area contributed by atoms with Crippen molar-refractivity contribution >= 4 is 12.0 Å². The first-order chi connectivity index (χ1) is 4.25. The molecule has 50 valence electrons. The zero-order valence-corrected chi connectivity index (χ0v) is 5.50. The van der Waals surface area contributed by atoms with Crippen molar-refractivity contribution in [1.82, 2.24) is 0 Å². The van der Waals surface area contributed by atoms with E-state index >= 15 is 0 Å². The Kier molecular flexibility index (Phi) is 1.51. The summed E-state index contributed by atoms with van der Waals surface area (Å²) in [5.41, 5.74) is 0.775. The van der Waals surface area contributed by atoms with Crippen LogP contribution in [0.2, 0.25) is 0 Å². The van der Waals surface area contributed by atoms with E-state index in [0.717, 1.165) is 12.0 Å². The maximum Gasteiger partial charge on any atom is 0.139 e. The predicted molar refractivity (Wildman–Crippen MR) is 33.2 cm³/mol. The molecule has 1 heterocycles. The van der Waals surface area contributed by atoms with Crippen LogP contribution >= 0.6 is 0 Å². The predicted octanol–water partition coefficient (Wildman–Crippen LogP) is 0.596. The van der Waals surface area contributed by atoms with Crippen LogP contribution in [-0.4, -0.2) is 18.1 Å². The molecule has 2 unspecified atom stereocenters. The smallest absolute Gasteiger partial charge is 0.139 e. The number of rotatable bonds is 1.